The lowest BCUT2D eigenvalue weighted by molar-refractivity contribution is -0.114. The smallest absolute Gasteiger partial charge is 0.234 e. The minimum atomic E-state index is -0.179. The second kappa shape index (κ2) is 8.75. The summed E-state index contributed by atoms with van der Waals surface area (Å²) in [6.45, 7) is 1.43. The zero-order chi connectivity index (χ0) is 17.5. The number of carbonyl (C=O) groups is 2. The molecule has 0 heterocycles. The molecule has 126 valence electrons. The van der Waals surface area contributed by atoms with Gasteiger partial charge in [0, 0.05) is 22.0 Å². The first-order chi connectivity index (χ1) is 11.5. The van der Waals surface area contributed by atoms with Crippen LogP contribution in [-0.4, -0.2) is 24.7 Å². The second-order valence-corrected chi connectivity index (χ2v) is 6.74. The Kier molecular flexibility index (Phi) is 6.69. The monoisotopic (exact) mass is 408 g/mol. The summed E-state index contributed by atoms with van der Waals surface area (Å²) in [6, 6.07) is 12.8. The number of rotatable bonds is 6. The number of thioether (sulfide) groups is 1. The van der Waals surface area contributed by atoms with Crippen LogP contribution in [0.2, 0.25) is 0 Å². The van der Waals surface area contributed by atoms with E-state index >= 15 is 0 Å². The molecule has 0 atom stereocenters. The molecule has 2 amide bonds. The maximum absolute atomic E-state index is 12.2. The molecule has 5 nitrogen and oxygen atoms in total. The number of amides is 2. The summed E-state index contributed by atoms with van der Waals surface area (Å²) in [5, 5.41) is 5.49. The maximum Gasteiger partial charge on any atom is 0.234 e. The van der Waals surface area contributed by atoms with Gasteiger partial charge in [-0.15, -0.1) is 11.8 Å². The van der Waals surface area contributed by atoms with Gasteiger partial charge in [-0.2, -0.15) is 0 Å². The summed E-state index contributed by atoms with van der Waals surface area (Å²) in [5.41, 5.74) is 1.11. The van der Waals surface area contributed by atoms with Gasteiger partial charge in [0.05, 0.1) is 18.6 Å². The van der Waals surface area contributed by atoms with Gasteiger partial charge in [-0.05, 0) is 46.3 Å². The van der Waals surface area contributed by atoms with Gasteiger partial charge < -0.3 is 15.4 Å². The first-order valence-electron chi connectivity index (χ1n) is 7.12. The van der Waals surface area contributed by atoms with E-state index in [0.717, 1.165) is 9.37 Å². The van der Waals surface area contributed by atoms with E-state index in [0.29, 0.717) is 17.1 Å². The van der Waals surface area contributed by atoms with Crippen molar-refractivity contribution in [1.82, 2.24) is 0 Å². The molecule has 0 aromatic heterocycles. The molecule has 2 N–H and O–H groups in total. The Labute approximate surface area is 153 Å². The quantitative estimate of drug-likeness (QED) is 0.704. The molecule has 0 fully saturated rings. The minimum Gasteiger partial charge on any atom is -0.495 e. The van der Waals surface area contributed by atoms with Crippen molar-refractivity contribution in [1.29, 1.82) is 0 Å². The van der Waals surface area contributed by atoms with E-state index in [4.69, 9.17) is 4.74 Å². The number of nitrogens with one attached hydrogen (secondary N) is 2. The van der Waals surface area contributed by atoms with Crippen LogP contribution in [0.15, 0.2) is 51.8 Å². The molecule has 7 heteroatoms. The topological polar surface area (TPSA) is 67.4 Å². The van der Waals surface area contributed by atoms with Crippen LogP contribution in [0, 0.1) is 0 Å². The summed E-state index contributed by atoms with van der Waals surface area (Å²) in [7, 11) is 1.53. The standard InChI is InChI=1S/C17H17BrN2O3S/c1-11(21)19-12-7-8-15(23-2)14(9-12)20-17(22)10-24-16-6-4-3-5-13(16)18/h3-9H,10H2,1-2H3,(H,19,21)(H,20,22). The highest BCUT2D eigenvalue weighted by molar-refractivity contribution is 9.10. The number of anilines is 2. The first-order valence-corrected chi connectivity index (χ1v) is 8.90. The molecular weight excluding hydrogens is 392 g/mol. The summed E-state index contributed by atoms with van der Waals surface area (Å²) in [4.78, 5) is 24.4. The van der Waals surface area contributed by atoms with Gasteiger partial charge in [-0.3, -0.25) is 9.59 Å². The van der Waals surface area contributed by atoms with E-state index < -0.39 is 0 Å². The molecule has 0 saturated heterocycles. The number of benzene rings is 2. The second-order valence-electron chi connectivity index (χ2n) is 4.86. The molecule has 0 aliphatic heterocycles. The number of hydrogen-bond donors (Lipinski definition) is 2. The molecule has 0 bridgehead atoms. The fourth-order valence-corrected chi connectivity index (χ4v) is 3.35. The van der Waals surface area contributed by atoms with Crippen molar-refractivity contribution in [3.63, 3.8) is 0 Å². The number of halogens is 1. The van der Waals surface area contributed by atoms with Gasteiger partial charge >= 0.3 is 0 Å². The molecule has 24 heavy (non-hydrogen) atoms. The highest BCUT2D eigenvalue weighted by Gasteiger charge is 2.10. The number of carbonyl (C=O) groups excluding carboxylic acids is 2. The van der Waals surface area contributed by atoms with Crippen LogP contribution in [0.4, 0.5) is 11.4 Å². The lowest BCUT2D eigenvalue weighted by Gasteiger charge is -2.12. The van der Waals surface area contributed by atoms with E-state index in [1.807, 2.05) is 24.3 Å². The van der Waals surface area contributed by atoms with Gasteiger partial charge in [0.2, 0.25) is 11.8 Å². The highest BCUT2D eigenvalue weighted by Crippen LogP contribution is 2.30. The third-order valence-corrected chi connectivity index (χ3v) is 5.02. The Morgan fingerprint density at radius 2 is 1.92 bits per heavy atom. The summed E-state index contributed by atoms with van der Waals surface area (Å²) in [6.07, 6.45) is 0. The van der Waals surface area contributed by atoms with E-state index in [1.54, 1.807) is 18.2 Å². The van der Waals surface area contributed by atoms with Crippen molar-refractivity contribution >= 4 is 50.9 Å². The minimum absolute atomic E-state index is 0.158. The van der Waals surface area contributed by atoms with Crippen molar-refractivity contribution in [3.05, 3.63) is 46.9 Å². The SMILES string of the molecule is COc1ccc(NC(C)=O)cc1NC(=O)CSc1ccccc1Br. The molecule has 0 aliphatic carbocycles. The fourth-order valence-electron chi connectivity index (χ4n) is 1.98. The predicted molar refractivity (Wildman–Crippen MR) is 101 cm³/mol. The summed E-state index contributed by atoms with van der Waals surface area (Å²) in [5.74, 6) is 0.454. The third-order valence-electron chi connectivity index (χ3n) is 2.99. The van der Waals surface area contributed by atoms with Crippen LogP contribution in [0.25, 0.3) is 0 Å². The normalized spacial score (nSPS) is 10.1. The third kappa shape index (κ3) is 5.28. The Bertz CT molecular complexity index is 752. The van der Waals surface area contributed by atoms with E-state index in [1.165, 1.54) is 25.8 Å². The Hall–Kier alpha value is -1.99. The van der Waals surface area contributed by atoms with E-state index in [9.17, 15) is 9.59 Å². The zero-order valence-corrected chi connectivity index (χ0v) is 15.7. The fraction of sp³-hybridized carbons (Fsp3) is 0.176. The molecule has 0 aliphatic rings. The van der Waals surface area contributed by atoms with E-state index in [-0.39, 0.29) is 17.6 Å². The van der Waals surface area contributed by atoms with Crippen LogP contribution < -0.4 is 15.4 Å². The molecule has 2 aromatic carbocycles. The van der Waals surface area contributed by atoms with Crippen molar-refractivity contribution < 1.29 is 14.3 Å². The van der Waals surface area contributed by atoms with E-state index in [2.05, 4.69) is 26.6 Å². The Morgan fingerprint density at radius 3 is 2.58 bits per heavy atom. The van der Waals surface area contributed by atoms with Crippen molar-refractivity contribution in [3.8, 4) is 5.75 Å². The van der Waals surface area contributed by atoms with Gasteiger partial charge in [-0.25, -0.2) is 0 Å². The average Bonchev–Trinajstić information content (AvgIpc) is 2.54. The van der Waals surface area contributed by atoms with Crippen molar-refractivity contribution in [2.75, 3.05) is 23.5 Å². The molecule has 0 saturated carbocycles. The summed E-state index contributed by atoms with van der Waals surface area (Å²) >= 11 is 4.89. The van der Waals surface area contributed by atoms with Crippen molar-refractivity contribution in [2.45, 2.75) is 11.8 Å². The lowest BCUT2D eigenvalue weighted by Crippen LogP contribution is -2.15. The highest BCUT2D eigenvalue weighted by atomic mass is 79.9. The maximum atomic E-state index is 12.2. The molecule has 0 unspecified atom stereocenters. The largest absolute Gasteiger partial charge is 0.495 e. The predicted octanol–water partition coefficient (Wildman–Crippen LogP) is 4.15. The number of methoxy groups -OCH3 is 1. The molecule has 0 spiro atoms. The molecular formula is C17H17BrN2O3S. The van der Waals surface area contributed by atoms with Gasteiger partial charge in [0.25, 0.3) is 0 Å². The van der Waals surface area contributed by atoms with Gasteiger partial charge in [-0.1, -0.05) is 12.1 Å². The van der Waals surface area contributed by atoms with Crippen LogP contribution in [0.1, 0.15) is 6.92 Å². The van der Waals surface area contributed by atoms with Crippen LogP contribution in [-0.2, 0) is 9.59 Å². The molecule has 2 aromatic rings. The van der Waals surface area contributed by atoms with Crippen LogP contribution in [0.3, 0.4) is 0 Å². The number of hydrogen-bond acceptors (Lipinski definition) is 4. The average molecular weight is 409 g/mol. The van der Waals surface area contributed by atoms with Crippen LogP contribution >= 0.6 is 27.7 Å². The van der Waals surface area contributed by atoms with Crippen molar-refractivity contribution in [2.24, 2.45) is 0 Å². The van der Waals surface area contributed by atoms with Gasteiger partial charge in [0.1, 0.15) is 5.75 Å². The zero-order valence-electron chi connectivity index (χ0n) is 13.3. The first kappa shape index (κ1) is 18.4. The molecule has 2 rings (SSSR count). The lowest BCUT2D eigenvalue weighted by atomic mass is 10.2. The Balaban J connectivity index is 2.04. The summed E-state index contributed by atoms with van der Waals surface area (Å²) < 4.78 is 6.20. The van der Waals surface area contributed by atoms with Gasteiger partial charge in [0.15, 0.2) is 0 Å². The molecule has 0 radical (unpaired) electrons. The van der Waals surface area contributed by atoms with Crippen LogP contribution in [0.5, 0.6) is 5.75 Å². The number of ether oxygens (including phenoxy) is 1. The Morgan fingerprint density at radius 1 is 1.17 bits per heavy atom.